The predicted octanol–water partition coefficient (Wildman–Crippen LogP) is 2.98. The van der Waals surface area contributed by atoms with Crippen molar-refractivity contribution in [2.24, 2.45) is 0 Å². The lowest BCUT2D eigenvalue weighted by Gasteiger charge is -2.31. The second-order valence-electron chi connectivity index (χ2n) is 7.96. The zero-order valence-electron chi connectivity index (χ0n) is 18.5. The molecule has 2 aliphatic heterocycles. The Morgan fingerprint density at radius 3 is 2.36 bits per heavy atom. The second kappa shape index (κ2) is 10.1. The summed E-state index contributed by atoms with van der Waals surface area (Å²) in [6, 6.07) is 11.6. The number of rotatable bonds is 7. The molecule has 2 saturated heterocycles. The van der Waals surface area contributed by atoms with Crippen LogP contribution in [0.25, 0.3) is 5.76 Å². The van der Waals surface area contributed by atoms with Gasteiger partial charge in [0.2, 0.25) is 0 Å². The van der Waals surface area contributed by atoms with Gasteiger partial charge < -0.3 is 19.5 Å². The monoisotopic (exact) mass is 454 g/mol. The van der Waals surface area contributed by atoms with Gasteiger partial charge in [-0.25, -0.2) is 4.39 Å². The summed E-state index contributed by atoms with van der Waals surface area (Å²) < 4.78 is 24.3. The molecule has 0 aromatic heterocycles. The molecule has 0 radical (unpaired) electrons. The maximum absolute atomic E-state index is 13.4. The minimum Gasteiger partial charge on any atom is -0.507 e. The highest BCUT2D eigenvalue weighted by Gasteiger charge is 2.46. The van der Waals surface area contributed by atoms with Gasteiger partial charge in [-0.15, -0.1) is 0 Å². The van der Waals surface area contributed by atoms with Crippen LogP contribution in [0.1, 0.15) is 24.1 Å². The molecule has 2 heterocycles. The normalized spacial score (nSPS) is 20.9. The van der Waals surface area contributed by atoms with E-state index in [2.05, 4.69) is 4.90 Å². The van der Waals surface area contributed by atoms with E-state index in [0.717, 1.165) is 13.1 Å². The number of morpholine rings is 1. The summed E-state index contributed by atoms with van der Waals surface area (Å²) in [5, 5.41) is 11.0. The molecule has 0 bridgehead atoms. The van der Waals surface area contributed by atoms with Crippen LogP contribution < -0.4 is 4.74 Å². The summed E-state index contributed by atoms with van der Waals surface area (Å²) in [5.74, 6) is -1.52. The number of amides is 1. The first kappa shape index (κ1) is 22.9. The van der Waals surface area contributed by atoms with Crippen molar-refractivity contribution < 1.29 is 28.6 Å². The predicted molar refractivity (Wildman–Crippen MR) is 120 cm³/mol. The van der Waals surface area contributed by atoms with Crippen molar-refractivity contribution in [3.05, 3.63) is 71.0 Å². The summed E-state index contributed by atoms with van der Waals surface area (Å²) in [7, 11) is 0. The van der Waals surface area contributed by atoms with Crippen LogP contribution in [0.3, 0.4) is 0 Å². The van der Waals surface area contributed by atoms with Crippen LogP contribution in [-0.2, 0) is 14.3 Å². The summed E-state index contributed by atoms with van der Waals surface area (Å²) in [5.41, 5.74) is 0.958. The number of ketones is 1. The maximum atomic E-state index is 13.4. The molecule has 7 nitrogen and oxygen atoms in total. The van der Waals surface area contributed by atoms with Gasteiger partial charge >= 0.3 is 0 Å². The van der Waals surface area contributed by atoms with Gasteiger partial charge in [0.1, 0.15) is 17.3 Å². The second-order valence-corrected chi connectivity index (χ2v) is 7.96. The topological polar surface area (TPSA) is 79.3 Å². The molecule has 33 heavy (non-hydrogen) atoms. The van der Waals surface area contributed by atoms with Crippen LogP contribution in [-0.4, -0.2) is 72.6 Å². The first-order valence-corrected chi connectivity index (χ1v) is 11.1. The van der Waals surface area contributed by atoms with E-state index in [-0.39, 0.29) is 16.9 Å². The molecule has 2 aliphatic rings. The number of aliphatic hydroxyl groups excluding tert-OH is 1. The van der Waals surface area contributed by atoms with Crippen molar-refractivity contribution >= 4 is 17.4 Å². The Morgan fingerprint density at radius 1 is 1.06 bits per heavy atom. The van der Waals surface area contributed by atoms with Gasteiger partial charge in [-0.1, -0.05) is 12.1 Å². The number of carbonyl (C=O) groups excluding carboxylic acids is 2. The average molecular weight is 454 g/mol. The Bertz CT molecular complexity index is 1030. The largest absolute Gasteiger partial charge is 0.507 e. The van der Waals surface area contributed by atoms with Crippen LogP contribution >= 0.6 is 0 Å². The number of hydrogen-bond donors (Lipinski definition) is 1. The summed E-state index contributed by atoms with van der Waals surface area (Å²) in [6.45, 7) is 6.08. The van der Waals surface area contributed by atoms with E-state index >= 15 is 0 Å². The number of ether oxygens (including phenoxy) is 2. The molecule has 1 atom stereocenters. The quantitative estimate of drug-likeness (QED) is 0.394. The molecule has 174 valence electrons. The molecular formula is C25H27FN2O5. The zero-order valence-corrected chi connectivity index (χ0v) is 18.5. The molecule has 0 saturated carbocycles. The summed E-state index contributed by atoms with van der Waals surface area (Å²) in [4.78, 5) is 29.8. The molecule has 0 aliphatic carbocycles. The van der Waals surface area contributed by atoms with E-state index in [0.29, 0.717) is 44.2 Å². The number of hydrogen-bond acceptors (Lipinski definition) is 6. The number of nitrogens with zero attached hydrogens (tertiary/aromatic N) is 2. The zero-order chi connectivity index (χ0) is 23.4. The summed E-state index contributed by atoms with van der Waals surface area (Å²) >= 11 is 0. The highest BCUT2D eigenvalue weighted by molar-refractivity contribution is 6.46. The Balaban J connectivity index is 1.71. The summed E-state index contributed by atoms with van der Waals surface area (Å²) in [6.07, 6.45) is 0. The van der Waals surface area contributed by atoms with Crippen molar-refractivity contribution in [1.82, 2.24) is 9.80 Å². The van der Waals surface area contributed by atoms with Gasteiger partial charge in [0.05, 0.1) is 31.4 Å². The third-order valence-corrected chi connectivity index (χ3v) is 5.93. The SMILES string of the molecule is CCOc1ccc(C2C(=C(O)c3ccc(F)cc3)C(=O)C(=O)N2CCN2CCOCC2)cc1. The first-order valence-electron chi connectivity index (χ1n) is 11.1. The molecule has 2 fully saturated rings. The van der Waals surface area contributed by atoms with Crippen molar-refractivity contribution in [2.45, 2.75) is 13.0 Å². The van der Waals surface area contributed by atoms with E-state index in [1.165, 1.54) is 29.2 Å². The van der Waals surface area contributed by atoms with Gasteiger partial charge in [0.25, 0.3) is 11.7 Å². The van der Waals surface area contributed by atoms with Gasteiger partial charge in [0, 0.05) is 31.7 Å². The number of benzene rings is 2. The van der Waals surface area contributed by atoms with Gasteiger partial charge in [-0.2, -0.15) is 0 Å². The molecule has 2 aromatic rings. The number of halogens is 1. The molecule has 4 rings (SSSR count). The third kappa shape index (κ3) is 4.91. The van der Waals surface area contributed by atoms with E-state index in [4.69, 9.17) is 9.47 Å². The lowest BCUT2D eigenvalue weighted by atomic mass is 9.95. The highest BCUT2D eigenvalue weighted by atomic mass is 19.1. The third-order valence-electron chi connectivity index (χ3n) is 5.93. The number of Topliss-reactive ketones (excluding diaryl/α,β-unsaturated/α-hetero) is 1. The van der Waals surface area contributed by atoms with Crippen LogP contribution in [0.4, 0.5) is 4.39 Å². The van der Waals surface area contributed by atoms with Crippen LogP contribution in [0.2, 0.25) is 0 Å². The molecule has 1 N–H and O–H groups in total. The van der Waals surface area contributed by atoms with Gasteiger partial charge in [-0.05, 0) is 48.9 Å². The molecule has 1 unspecified atom stereocenters. The van der Waals surface area contributed by atoms with Gasteiger partial charge in [0.15, 0.2) is 0 Å². The van der Waals surface area contributed by atoms with E-state index in [9.17, 15) is 19.1 Å². The van der Waals surface area contributed by atoms with E-state index < -0.39 is 23.5 Å². The number of carbonyl (C=O) groups is 2. The number of aliphatic hydroxyl groups is 1. The van der Waals surface area contributed by atoms with Crippen molar-refractivity contribution in [1.29, 1.82) is 0 Å². The molecule has 0 spiro atoms. The standard InChI is InChI=1S/C25H27FN2O5/c1-2-33-20-9-5-17(6-10-20)22-21(23(29)18-3-7-19(26)8-4-18)24(30)25(31)28(22)12-11-27-13-15-32-16-14-27/h3-10,22,29H,2,11-16H2,1H3. The smallest absolute Gasteiger partial charge is 0.295 e. The molecular weight excluding hydrogens is 427 g/mol. The lowest BCUT2D eigenvalue weighted by molar-refractivity contribution is -0.140. The minimum atomic E-state index is -0.758. The van der Waals surface area contributed by atoms with Crippen LogP contribution in [0.5, 0.6) is 5.75 Å². The fraction of sp³-hybridized carbons (Fsp3) is 0.360. The lowest BCUT2D eigenvalue weighted by Crippen LogP contribution is -2.42. The van der Waals surface area contributed by atoms with E-state index in [1.54, 1.807) is 24.3 Å². The molecule has 8 heteroatoms. The molecule has 1 amide bonds. The number of likely N-dealkylation sites (tertiary alicyclic amines) is 1. The van der Waals surface area contributed by atoms with Crippen molar-refractivity contribution in [3.8, 4) is 5.75 Å². The maximum Gasteiger partial charge on any atom is 0.295 e. The Morgan fingerprint density at radius 2 is 1.73 bits per heavy atom. The van der Waals surface area contributed by atoms with E-state index in [1.807, 2.05) is 6.92 Å². The van der Waals surface area contributed by atoms with Crippen LogP contribution in [0.15, 0.2) is 54.1 Å². The Labute approximate surface area is 192 Å². The minimum absolute atomic E-state index is 0.00209. The van der Waals surface area contributed by atoms with Crippen LogP contribution in [0, 0.1) is 5.82 Å². The molecule has 2 aromatic carbocycles. The fourth-order valence-corrected chi connectivity index (χ4v) is 4.21. The average Bonchev–Trinajstić information content (AvgIpc) is 3.09. The Hall–Kier alpha value is -3.23. The van der Waals surface area contributed by atoms with Crippen molar-refractivity contribution in [2.75, 3.05) is 46.0 Å². The highest BCUT2D eigenvalue weighted by Crippen LogP contribution is 2.39. The fourth-order valence-electron chi connectivity index (χ4n) is 4.21. The van der Waals surface area contributed by atoms with Crippen molar-refractivity contribution in [3.63, 3.8) is 0 Å². The Kier molecular flexibility index (Phi) is 7.05. The first-order chi connectivity index (χ1) is 16.0. The van der Waals surface area contributed by atoms with Gasteiger partial charge in [-0.3, -0.25) is 14.5 Å².